The molecule has 2 N–H and O–H groups in total. The minimum atomic E-state index is -0.314. The zero-order valence-corrected chi connectivity index (χ0v) is 11.5. The number of aromatic hydroxyl groups is 1. The van der Waals surface area contributed by atoms with E-state index in [0.717, 1.165) is 15.6 Å². The quantitative estimate of drug-likeness (QED) is 0.890. The van der Waals surface area contributed by atoms with Crippen molar-refractivity contribution in [1.29, 1.82) is 0 Å². The van der Waals surface area contributed by atoms with Gasteiger partial charge in [-0.3, -0.25) is 0 Å². The molecule has 0 aromatic heterocycles. The number of hydrogen-bond donors (Lipinski definition) is 2. The third-order valence-corrected chi connectivity index (χ3v) is 3.13. The van der Waals surface area contributed by atoms with Crippen LogP contribution in [0.1, 0.15) is 11.1 Å². The third-order valence-electron chi connectivity index (χ3n) is 2.63. The van der Waals surface area contributed by atoms with E-state index in [2.05, 4.69) is 21.2 Å². The Morgan fingerprint density at radius 2 is 2.00 bits per heavy atom. The van der Waals surface area contributed by atoms with Crippen molar-refractivity contribution in [2.45, 2.75) is 13.5 Å². The molecule has 0 aliphatic carbocycles. The lowest BCUT2D eigenvalue weighted by molar-refractivity contribution is 0.469. The first kappa shape index (κ1) is 12.9. The van der Waals surface area contributed by atoms with Gasteiger partial charge in [-0.25, -0.2) is 4.39 Å². The maximum absolute atomic E-state index is 13.5. The first-order chi connectivity index (χ1) is 8.56. The molecule has 94 valence electrons. The maximum Gasteiger partial charge on any atom is 0.146 e. The van der Waals surface area contributed by atoms with Crippen molar-refractivity contribution in [3.63, 3.8) is 0 Å². The summed E-state index contributed by atoms with van der Waals surface area (Å²) in [6.45, 7) is 2.32. The Morgan fingerprint density at radius 3 is 2.78 bits per heavy atom. The van der Waals surface area contributed by atoms with Crippen LogP contribution < -0.4 is 5.32 Å². The normalized spacial score (nSPS) is 10.4. The molecule has 0 spiro atoms. The third kappa shape index (κ3) is 3.01. The van der Waals surface area contributed by atoms with Crippen LogP contribution in [0.25, 0.3) is 0 Å². The topological polar surface area (TPSA) is 32.3 Å². The molecular weight excluding hydrogens is 297 g/mol. The Kier molecular flexibility index (Phi) is 3.87. The standard InChI is InChI=1S/C14H13BrFNO/c1-9-2-5-14(18)10(6-9)8-17-13-7-11(15)3-4-12(13)16/h2-7,17-18H,8H2,1H3. The van der Waals surface area contributed by atoms with E-state index in [1.54, 1.807) is 18.2 Å². The van der Waals surface area contributed by atoms with Crippen LogP contribution in [0.3, 0.4) is 0 Å². The smallest absolute Gasteiger partial charge is 0.146 e. The van der Waals surface area contributed by atoms with E-state index in [4.69, 9.17) is 0 Å². The van der Waals surface area contributed by atoms with Gasteiger partial charge < -0.3 is 10.4 Å². The molecular formula is C14H13BrFNO. The Morgan fingerprint density at radius 1 is 1.22 bits per heavy atom. The van der Waals surface area contributed by atoms with E-state index in [-0.39, 0.29) is 11.6 Å². The number of aryl methyl sites for hydroxylation is 1. The summed E-state index contributed by atoms with van der Waals surface area (Å²) in [5.41, 5.74) is 2.21. The Hall–Kier alpha value is -1.55. The highest BCUT2D eigenvalue weighted by Crippen LogP contribution is 2.23. The van der Waals surface area contributed by atoms with Crippen molar-refractivity contribution >= 4 is 21.6 Å². The highest BCUT2D eigenvalue weighted by Gasteiger charge is 2.05. The van der Waals surface area contributed by atoms with Crippen molar-refractivity contribution in [2.24, 2.45) is 0 Å². The van der Waals surface area contributed by atoms with E-state index in [1.807, 2.05) is 19.1 Å². The molecule has 2 aromatic rings. The van der Waals surface area contributed by atoms with Gasteiger partial charge in [-0.1, -0.05) is 33.6 Å². The summed E-state index contributed by atoms with van der Waals surface area (Å²) in [7, 11) is 0. The van der Waals surface area contributed by atoms with E-state index < -0.39 is 0 Å². The molecule has 0 aliphatic rings. The average molecular weight is 310 g/mol. The summed E-state index contributed by atoms with van der Waals surface area (Å²) in [4.78, 5) is 0. The molecule has 2 rings (SSSR count). The van der Waals surface area contributed by atoms with Crippen molar-refractivity contribution in [2.75, 3.05) is 5.32 Å². The van der Waals surface area contributed by atoms with Gasteiger partial charge in [-0.05, 0) is 31.2 Å². The molecule has 0 atom stereocenters. The van der Waals surface area contributed by atoms with Crippen LogP contribution >= 0.6 is 15.9 Å². The van der Waals surface area contributed by atoms with Gasteiger partial charge in [-0.15, -0.1) is 0 Å². The molecule has 2 nitrogen and oxygen atoms in total. The first-order valence-corrected chi connectivity index (χ1v) is 6.33. The zero-order chi connectivity index (χ0) is 13.1. The number of nitrogens with one attached hydrogen (secondary N) is 1. The summed E-state index contributed by atoms with van der Waals surface area (Å²) in [6, 6.07) is 10.1. The molecule has 0 amide bonds. The number of phenolic OH excluding ortho intramolecular Hbond substituents is 1. The predicted octanol–water partition coefficient (Wildman–Crippen LogP) is 4.21. The second-order valence-corrected chi connectivity index (χ2v) is 5.03. The Labute approximate surface area is 114 Å². The van der Waals surface area contributed by atoms with Crippen LogP contribution in [0.4, 0.5) is 10.1 Å². The molecule has 0 saturated heterocycles. The lowest BCUT2D eigenvalue weighted by Gasteiger charge is -2.10. The van der Waals surface area contributed by atoms with Crippen LogP contribution in [-0.4, -0.2) is 5.11 Å². The first-order valence-electron chi connectivity index (χ1n) is 5.53. The van der Waals surface area contributed by atoms with Crippen LogP contribution in [0.15, 0.2) is 40.9 Å². The molecule has 0 fully saturated rings. The molecule has 0 bridgehead atoms. The molecule has 18 heavy (non-hydrogen) atoms. The molecule has 0 radical (unpaired) electrons. The number of halogens is 2. The molecule has 4 heteroatoms. The molecule has 2 aromatic carbocycles. The van der Waals surface area contributed by atoms with Gasteiger partial charge in [-0.2, -0.15) is 0 Å². The lowest BCUT2D eigenvalue weighted by Crippen LogP contribution is -2.02. The second-order valence-electron chi connectivity index (χ2n) is 4.11. The van der Waals surface area contributed by atoms with Gasteiger partial charge in [0.1, 0.15) is 11.6 Å². The van der Waals surface area contributed by atoms with Crippen LogP contribution in [-0.2, 0) is 6.54 Å². The Balaban J connectivity index is 2.16. The molecule has 0 saturated carbocycles. The minimum absolute atomic E-state index is 0.212. The highest BCUT2D eigenvalue weighted by molar-refractivity contribution is 9.10. The maximum atomic E-state index is 13.5. The van der Waals surface area contributed by atoms with Crippen molar-refractivity contribution in [3.05, 3.63) is 57.8 Å². The molecule has 0 heterocycles. The number of benzene rings is 2. The van der Waals surface area contributed by atoms with Crippen molar-refractivity contribution in [3.8, 4) is 5.75 Å². The van der Waals surface area contributed by atoms with Gasteiger partial charge >= 0.3 is 0 Å². The van der Waals surface area contributed by atoms with E-state index >= 15 is 0 Å². The van der Waals surface area contributed by atoms with Crippen LogP contribution in [0.5, 0.6) is 5.75 Å². The number of hydrogen-bond acceptors (Lipinski definition) is 2. The summed E-state index contributed by atoms with van der Waals surface area (Å²) in [6.07, 6.45) is 0. The van der Waals surface area contributed by atoms with E-state index in [1.165, 1.54) is 6.07 Å². The van der Waals surface area contributed by atoms with E-state index in [9.17, 15) is 9.50 Å². The summed E-state index contributed by atoms with van der Waals surface area (Å²) in [5, 5.41) is 12.7. The Bertz CT molecular complexity index is 520. The van der Waals surface area contributed by atoms with Gasteiger partial charge in [0, 0.05) is 16.6 Å². The van der Waals surface area contributed by atoms with Crippen molar-refractivity contribution in [1.82, 2.24) is 0 Å². The number of phenols is 1. The van der Waals surface area contributed by atoms with Crippen LogP contribution in [0.2, 0.25) is 0 Å². The van der Waals surface area contributed by atoms with Gasteiger partial charge in [0.15, 0.2) is 0 Å². The SMILES string of the molecule is Cc1ccc(O)c(CNc2cc(Br)ccc2F)c1. The van der Waals surface area contributed by atoms with E-state index in [0.29, 0.717) is 12.2 Å². The molecule has 0 aliphatic heterocycles. The summed E-state index contributed by atoms with van der Waals surface area (Å²) >= 11 is 3.29. The fourth-order valence-electron chi connectivity index (χ4n) is 1.68. The summed E-state index contributed by atoms with van der Waals surface area (Å²) < 4.78 is 14.3. The fraction of sp³-hybridized carbons (Fsp3) is 0.143. The van der Waals surface area contributed by atoms with Gasteiger partial charge in [0.25, 0.3) is 0 Å². The fourth-order valence-corrected chi connectivity index (χ4v) is 2.04. The predicted molar refractivity (Wildman–Crippen MR) is 74.3 cm³/mol. The number of anilines is 1. The zero-order valence-electron chi connectivity index (χ0n) is 9.87. The van der Waals surface area contributed by atoms with Crippen molar-refractivity contribution < 1.29 is 9.50 Å². The van der Waals surface area contributed by atoms with Gasteiger partial charge in [0.2, 0.25) is 0 Å². The average Bonchev–Trinajstić information content (AvgIpc) is 2.34. The largest absolute Gasteiger partial charge is 0.508 e. The van der Waals surface area contributed by atoms with Gasteiger partial charge in [0.05, 0.1) is 5.69 Å². The number of rotatable bonds is 3. The summed E-state index contributed by atoms with van der Waals surface area (Å²) in [5.74, 6) is -0.103. The van der Waals surface area contributed by atoms with Crippen LogP contribution in [0, 0.1) is 12.7 Å². The monoisotopic (exact) mass is 309 g/mol. The molecule has 0 unspecified atom stereocenters. The minimum Gasteiger partial charge on any atom is -0.508 e. The lowest BCUT2D eigenvalue weighted by atomic mass is 10.1. The second kappa shape index (κ2) is 5.40. The highest BCUT2D eigenvalue weighted by atomic mass is 79.9.